The second-order valence-electron chi connectivity index (χ2n) is 5.71. The highest BCUT2D eigenvalue weighted by molar-refractivity contribution is 6.04. The number of ether oxygens (including phenoxy) is 2. The number of aliphatic hydroxyl groups is 1. The number of phenols is 1. The molecule has 0 spiro atoms. The summed E-state index contributed by atoms with van der Waals surface area (Å²) in [7, 11) is 0. The molecule has 0 saturated heterocycles. The second-order valence-corrected chi connectivity index (χ2v) is 5.71. The molecule has 3 atom stereocenters. The van der Waals surface area contributed by atoms with Gasteiger partial charge in [0.25, 0.3) is 0 Å². The van der Waals surface area contributed by atoms with Crippen LogP contribution in [0.5, 0.6) is 17.2 Å². The van der Waals surface area contributed by atoms with E-state index in [1.165, 1.54) is 0 Å². The van der Waals surface area contributed by atoms with Crippen LogP contribution < -0.4 is 9.47 Å². The van der Waals surface area contributed by atoms with Gasteiger partial charge in [-0.05, 0) is 12.8 Å². The fourth-order valence-electron chi connectivity index (χ4n) is 2.98. The topological polar surface area (TPSA) is 76.0 Å². The molecule has 0 saturated carbocycles. The van der Waals surface area contributed by atoms with Crippen LogP contribution in [-0.4, -0.2) is 28.9 Å². The van der Waals surface area contributed by atoms with E-state index in [1.54, 1.807) is 6.92 Å². The molecule has 0 amide bonds. The Hall–Kier alpha value is -1.75. The normalized spacial score (nSPS) is 28.2. The molecule has 2 N–H and O–H groups in total. The predicted molar refractivity (Wildman–Crippen MR) is 71.5 cm³/mol. The molecule has 0 aromatic heterocycles. The number of fused-ring (bicyclic) bond motifs is 3. The van der Waals surface area contributed by atoms with Crippen molar-refractivity contribution in [2.75, 3.05) is 6.61 Å². The van der Waals surface area contributed by atoms with Crippen molar-refractivity contribution in [3.8, 4) is 17.2 Å². The number of phenolic OH excluding ortho intramolecular Hbond substituents is 1. The number of carbonyl (C=O) groups is 1. The minimum absolute atomic E-state index is 0.0115. The van der Waals surface area contributed by atoms with Crippen LogP contribution in [0.2, 0.25) is 0 Å². The molecule has 2 aliphatic rings. The highest BCUT2D eigenvalue weighted by Crippen LogP contribution is 2.51. The first-order valence-corrected chi connectivity index (χ1v) is 6.83. The monoisotopic (exact) mass is 278 g/mol. The van der Waals surface area contributed by atoms with Crippen LogP contribution in [0.1, 0.15) is 47.7 Å². The summed E-state index contributed by atoms with van der Waals surface area (Å²) < 4.78 is 11.0. The Labute approximate surface area is 117 Å². The summed E-state index contributed by atoms with van der Waals surface area (Å²) in [5.74, 6) is 0.348. The van der Waals surface area contributed by atoms with Crippen LogP contribution in [0, 0.1) is 12.8 Å². The lowest BCUT2D eigenvalue weighted by Crippen LogP contribution is -2.31. The molecule has 5 nitrogen and oxygen atoms in total. The summed E-state index contributed by atoms with van der Waals surface area (Å²) in [6, 6.07) is 0. The predicted octanol–water partition coefficient (Wildman–Crippen LogP) is 2.12. The third-order valence-corrected chi connectivity index (χ3v) is 4.13. The first-order chi connectivity index (χ1) is 9.41. The summed E-state index contributed by atoms with van der Waals surface area (Å²) in [5.41, 5.74) is 1.65. The second kappa shape index (κ2) is 4.38. The lowest BCUT2D eigenvalue weighted by atomic mass is 9.82. The Bertz CT molecular complexity index is 593. The molecule has 0 bridgehead atoms. The summed E-state index contributed by atoms with van der Waals surface area (Å²) in [6.45, 7) is 5.74. The maximum Gasteiger partial charge on any atom is 0.198 e. The van der Waals surface area contributed by atoms with E-state index < -0.39 is 6.29 Å². The molecule has 0 radical (unpaired) electrons. The van der Waals surface area contributed by atoms with Gasteiger partial charge in [0.05, 0.1) is 18.1 Å². The minimum atomic E-state index is -0.960. The van der Waals surface area contributed by atoms with Gasteiger partial charge < -0.3 is 19.7 Å². The molecule has 2 heterocycles. The highest BCUT2D eigenvalue weighted by atomic mass is 16.6. The molecule has 0 fully saturated rings. The average Bonchev–Trinajstić information content (AvgIpc) is 2.39. The molecule has 0 unspecified atom stereocenters. The van der Waals surface area contributed by atoms with Crippen molar-refractivity contribution in [2.45, 2.75) is 39.4 Å². The van der Waals surface area contributed by atoms with E-state index in [9.17, 15) is 15.0 Å². The third kappa shape index (κ3) is 1.69. The molecule has 1 aromatic carbocycles. The van der Waals surface area contributed by atoms with Gasteiger partial charge in [-0.15, -0.1) is 0 Å². The number of rotatable bonds is 0. The zero-order chi connectivity index (χ0) is 14.6. The molecule has 2 aliphatic heterocycles. The molecular formula is C15H18O5. The van der Waals surface area contributed by atoms with E-state index in [0.29, 0.717) is 35.5 Å². The van der Waals surface area contributed by atoms with E-state index in [-0.39, 0.29) is 29.1 Å². The molecule has 3 rings (SSSR count). The SMILES string of the molecule is Cc1c(O)c2c(c3c1OC[C@@H](C)C3=O)[C@H](C)C[C@@H](O)O2. The number of hydrogen-bond donors (Lipinski definition) is 2. The van der Waals surface area contributed by atoms with Gasteiger partial charge in [0.1, 0.15) is 5.75 Å². The standard InChI is InChI=1S/C15H18O5/c1-6-4-9(16)20-15-10(6)11-12(17)7(2)5-19-14(11)8(3)13(15)18/h6-7,9,16,18H,4-5H2,1-3H3/t6-,7-,9+/m1/s1. The first-order valence-electron chi connectivity index (χ1n) is 6.83. The number of ketones is 1. The number of Topliss-reactive ketones (excluding diaryl/α,β-unsaturated/α-hetero) is 1. The van der Waals surface area contributed by atoms with Crippen molar-refractivity contribution in [1.82, 2.24) is 0 Å². The van der Waals surface area contributed by atoms with E-state index in [4.69, 9.17) is 9.47 Å². The van der Waals surface area contributed by atoms with E-state index in [1.807, 2.05) is 13.8 Å². The molecule has 1 aromatic rings. The summed E-state index contributed by atoms with van der Waals surface area (Å²) in [4.78, 5) is 12.5. The fraction of sp³-hybridized carbons (Fsp3) is 0.533. The van der Waals surface area contributed by atoms with Crippen LogP contribution in [0.15, 0.2) is 0 Å². The first kappa shape index (κ1) is 13.2. The smallest absolute Gasteiger partial charge is 0.198 e. The maximum absolute atomic E-state index is 12.5. The van der Waals surface area contributed by atoms with Crippen LogP contribution in [-0.2, 0) is 0 Å². The zero-order valence-corrected chi connectivity index (χ0v) is 11.8. The zero-order valence-electron chi connectivity index (χ0n) is 11.8. The number of carbonyl (C=O) groups excluding carboxylic acids is 1. The Morgan fingerprint density at radius 3 is 2.60 bits per heavy atom. The summed E-state index contributed by atoms with van der Waals surface area (Å²) in [6.07, 6.45) is -0.568. The van der Waals surface area contributed by atoms with Crippen LogP contribution in [0.3, 0.4) is 0 Å². The van der Waals surface area contributed by atoms with Crippen molar-refractivity contribution in [3.63, 3.8) is 0 Å². The number of benzene rings is 1. The molecular weight excluding hydrogens is 260 g/mol. The molecule has 0 aliphatic carbocycles. The van der Waals surface area contributed by atoms with Gasteiger partial charge >= 0.3 is 0 Å². The van der Waals surface area contributed by atoms with Crippen LogP contribution in [0.4, 0.5) is 0 Å². The molecule has 108 valence electrons. The Morgan fingerprint density at radius 2 is 1.90 bits per heavy atom. The molecule has 5 heteroatoms. The van der Waals surface area contributed by atoms with Crippen LogP contribution in [0.25, 0.3) is 0 Å². The number of aromatic hydroxyl groups is 1. The summed E-state index contributed by atoms with van der Waals surface area (Å²) in [5, 5.41) is 20.0. The lowest BCUT2D eigenvalue weighted by Gasteiger charge is -2.34. The van der Waals surface area contributed by atoms with Gasteiger partial charge in [0.15, 0.2) is 23.6 Å². The van der Waals surface area contributed by atoms with Crippen molar-refractivity contribution in [2.24, 2.45) is 5.92 Å². The number of aliphatic hydroxyl groups excluding tert-OH is 1. The maximum atomic E-state index is 12.5. The van der Waals surface area contributed by atoms with Crippen molar-refractivity contribution in [3.05, 3.63) is 16.7 Å². The summed E-state index contributed by atoms with van der Waals surface area (Å²) >= 11 is 0. The number of hydrogen-bond acceptors (Lipinski definition) is 5. The van der Waals surface area contributed by atoms with Crippen molar-refractivity contribution >= 4 is 5.78 Å². The lowest BCUT2D eigenvalue weighted by molar-refractivity contribution is -0.0396. The van der Waals surface area contributed by atoms with Gasteiger partial charge in [-0.2, -0.15) is 0 Å². The van der Waals surface area contributed by atoms with E-state index >= 15 is 0 Å². The largest absolute Gasteiger partial charge is 0.504 e. The Morgan fingerprint density at radius 1 is 1.20 bits per heavy atom. The van der Waals surface area contributed by atoms with Gasteiger partial charge in [-0.25, -0.2) is 0 Å². The van der Waals surface area contributed by atoms with Crippen LogP contribution >= 0.6 is 0 Å². The van der Waals surface area contributed by atoms with Gasteiger partial charge in [0.2, 0.25) is 0 Å². The third-order valence-electron chi connectivity index (χ3n) is 4.13. The minimum Gasteiger partial charge on any atom is -0.504 e. The quantitative estimate of drug-likeness (QED) is 0.760. The van der Waals surface area contributed by atoms with Gasteiger partial charge in [-0.3, -0.25) is 4.79 Å². The van der Waals surface area contributed by atoms with Gasteiger partial charge in [-0.1, -0.05) is 13.8 Å². The fourth-order valence-corrected chi connectivity index (χ4v) is 2.98. The average molecular weight is 278 g/mol. The van der Waals surface area contributed by atoms with Gasteiger partial charge in [0, 0.05) is 17.5 Å². The molecule has 20 heavy (non-hydrogen) atoms. The highest BCUT2D eigenvalue weighted by Gasteiger charge is 2.38. The Kier molecular flexibility index (Phi) is 2.90. The van der Waals surface area contributed by atoms with E-state index in [0.717, 1.165) is 0 Å². The van der Waals surface area contributed by atoms with Crippen molar-refractivity contribution in [1.29, 1.82) is 0 Å². The Balaban J connectivity index is 2.32. The van der Waals surface area contributed by atoms with E-state index in [2.05, 4.69) is 0 Å². The van der Waals surface area contributed by atoms with Crippen molar-refractivity contribution < 1.29 is 24.5 Å².